The molecule has 32 heavy (non-hydrogen) atoms. The molecule has 1 unspecified atom stereocenters. The van der Waals surface area contributed by atoms with Crippen LogP contribution in [0.25, 0.3) is 0 Å². The van der Waals surface area contributed by atoms with Gasteiger partial charge in [-0.1, -0.05) is 36.1 Å². The van der Waals surface area contributed by atoms with Gasteiger partial charge in [-0.2, -0.15) is 0 Å². The van der Waals surface area contributed by atoms with Crippen molar-refractivity contribution in [2.24, 2.45) is 0 Å². The van der Waals surface area contributed by atoms with Crippen molar-refractivity contribution in [2.75, 3.05) is 26.3 Å². The summed E-state index contributed by atoms with van der Waals surface area (Å²) in [6.45, 7) is 6.47. The van der Waals surface area contributed by atoms with Crippen LogP contribution < -0.4 is 5.56 Å². The molecule has 2 aromatic carbocycles. The lowest BCUT2D eigenvalue weighted by molar-refractivity contribution is 0.0342. The highest BCUT2D eigenvalue weighted by atomic mass is 16.5. The molecule has 1 N–H and O–H groups in total. The van der Waals surface area contributed by atoms with E-state index < -0.39 is 5.56 Å². The predicted octanol–water partition coefficient (Wildman–Crippen LogP) is 2.98. The van der Waals surface area contributed by atoms with Gasteiger partial charge in [0.15, 0.2) is 5.75 Å². The van der Waals surface area contributed by atoms with E-state index in [0.717, 1.165) is 55.7 Å². The molecule has 1 fully saturated rings. The van der Waals surface area contributed by atoms with Gasteiger partial charge in [-0.3, -0.25) is 14.3 Å². The average Bonchev–Trinajstić information content (AvgIpc) is 2.82. The topological polar surface area (TPSA) is 67.6 Å². The number of hydrogen-bond acceptors (Lipinski definition) is 5. The zero-order chi connectivity index (χ0) is 22.3. The molecule has 1 saturated heterocycles. The third kappa shape index (κ3) is 5.64. The first kappa shape index (κ1) is 21.8. The van der Waals surface area contributed by atoms with Crippen molar-refractivity contribution in [3.63, 3.8) is 0 Å². The molecule has 1 aliphatic rings. The van der Waals surface area contributed by atoms with Crippen molar-refractivity contribution >= 4 is 0 Å². The van der Waals surface area contributed by atoms with E-state index in [-0.39, 0.29) is 11.8 Å². The maximum absolute atomic E-state index is 12.0. The fourth-order valence-electron chi connectivity index (χ4n) is 3.75. The number of ether oxygens (including phenoxy) is 1. The van der Waals surface area contributed by atoms with Crippen LogP contribution in [0.5, 0.6) is 5.75 Å². The van der Waals surface area contributed by atoms with Gasteiger partial charge in [0.25, 0.3) is 5.56 Å². The highest BCUT2D eigenvalue weighted by Gasteiger charge is 2.11. The number of rotatable bonds is 5. The Morgan fingerprint density at radius 3 is 2.22 bits per heavy atom. The Bertz CT molecular complexity index is 1150. The highest BCUT2D eigenvalue weighted by molar-refractivity contribution is 5.44. The summed E-state index contributed by atoms with van der Waals surface area (Å²) >= 11 is 0. The van der Waals surface area contributed by atoms with E-state index in [2.05, 4.69) is 46.0 Å². The molecule has 4 rings (SSSR count). The largest absolute Gasteiger partial charge is 0.502 e. The average molecular weight is 430 g/mol. The van der Waals surface area contributed by atoms with E-state index in [4.69, 9.17) is 4.74 Å². The van der Waals surface area contributed by atoms with Crippen LogP contribution in [0.2, 0.25) is 0 Å². The molecule has 0 bridgehead atoms. The summed E-state index contributed by atoms with van der Waals surface area (Å²) in [5, 5.41) is 9.58. The molecular formula is C26H27N3O3. The SMILES string of the molecule is CC(Cc1ccc(C#Cc2ccc(CN3CCOCC3)cc2)cc1)n1cncc(O)c1=O. The highest BCUT2D eigenvalue weighted by Crippen LogP contribution is 2.14. The maximum atomic E-state index is 12.0. The van der Waals surface area contributed by atoms with Crippen LogP contribution in [0.4, 0.5) is 0 Å². The first-order valence-electron chi connectivity index (χ1n) is 10.8. The third-order valence-electron chi connectivity index (χ3n) is 5.62. The Morgan fingerprint density at radius 1 is 1.00 bits per heavy atom. The van der Waals surface area contributed by atoms with E-state index in [1.165, 1.54) is 16.5 Å². The van der Waals surface area contributed by atoms with Gasteiger partial charge in [-0.25, -0.2) is 4.98 Å². The fourth-order valence-corrected chi connectivity index (χ4v) is 3.75. The smallest absolute Gasteiger partial charge is 0.295 e. The van der Waals surface area contributed by atoms with Crippen LogP contribution in [0.1, 0.15) is 35.2 Å². The molecule has 0 radical (unpaired) electrons. The second-order valence-corrected chi connectivity index (χ2v) is 8.08. The van der Waals surface area contributed by atoms with Crippen molar-refractivity contribution in [1.29, 1.82) is 0 Å². The molecule has 3 aromatic rings. The molecule has 0 amide bonds. The second-order valence-electron chi connectivity index (χ2n) is 8.08. The van der Waals surface area contributed by atoms with Crippen LogP contribution in [0, 0.1) is 11.8 Å². The minimum atomic E-state index is -0.425. The third-order valence-corrected chi connectivity index (χ3v) is 5.62. The standard InChI is InChI=1S/C26H27N3O3/c1-20(29-19-27-17-25(30)26(29)31)16-23-8-4-21(5-9-23)2-3-22-6-10-24(11-7-22)18-28-12-14-32-15-13-28/h4-11,17,19-20,30H,12-16,18H2,1H3. The first-order valence-corrected chi connectivity index (χ1v) is 10.8. The number of aromatic hydroxyl groups is 1. The summed E-state index contributed by atoms with van der Waals surface area (Å²) in [5.74, 6) is 6.11. The molecule has 1 aliphatic heterocycles. The maximum Gasteiger partial charge on any atom is 0.295 e. The predicted molar refractivity (Wildman–Crippen MR) is 124 cm³/mol. The van der Waals surface area contributed by atoms with Gasteiger partial charge < -0.3 is 9.84 Å². The van der Waals surface area contributed by atoms with Crippen molar-refractivity contribution in [1.82, 2.24) is 14.5 Å². The van der Waals surface area contributed by atoms with Crippen LogP contribution in [0.15, 0.2) is 65.8 Å². The van der Waals surface area contributed by atoms with E-state index >= 15 is 0 Å². The molecule has 6 nitrogen and oxygen atoms in total. The van der Waals surface area contributed by atoms with Gasteiger partial charge >= 0.3 is 0 Å². The van der Waals surface area contributed by atoms with Crippen LogP contribution in [-0.4, -0.2) is 45.9 Å². The van der Waals surface area contributed by atoms with Gasteiger partial charge in [-0.05, 0) is 48.7 Å². The van der Waals surface area contributed by atoms with Gasteiger partial charge in [0.05, 0.1) is 25.7 Å². The van der Waals surface area contributed by atoms with Crippen LogP contribution >= 0.6 is 0 Å². The van der Waals surface area contributed by atoms with E-state index in [1.54, 1.807) is 0 Å². The molecular weight excluding hydrogens is 402 g/mol. The van der Waals surface area contributed by atoms with E-state index in [9.17, 15) is 9.90 Å². The Morgan fingerprint density at radius 2 is 1.59 bits per heavy atom. The van der Waals surface area contributed by atoms with Crippen molar-refractivity contribution in [3.8, 4) is 17.6 Å². The summed E-state index contributed by atoms with van der Waals surface area (Å²) in [4.78, 5) is 18.3. The molecule has 164 valence electrons. The summed E-state index contributed by atoms with van der Waals surface area (Å²) < 4.78 is 6.85. The molecule has 1 atom stereocenters. The van der Waals surface area contributed by atoms with Crippen LogP contribution in [0.3, 0.4) is 0 Å². The summed E-state index contributed by atoms with van der Waals surface area (Å²) in [6, 6.07) is 16.3. The number of morpholine rings is 1. The molecule has 6 heteroatoms. The zero-order valence-corrected chi connectivity index (χ0v) is 18.2. The number of nitrogens with zero attached hydrogens (tertiary/aromatic N) is 3. The number of benzene rings is 2. The van der Waals surface area contributed by atoms with Gasteiger partial charge in [0.2, 0.25) is 0 Å². The molecule has 0 saturated carbocycles. The Kier molecular flexibility index (Phi) is 7.00. The van der Waals surface area contributed by atoms with E-state index in [0.29, 0.717) is 6.42 Å². The lowest BCUT2D eigenvalue weighted by Gasteiger charge is -2.26. The lowest BCUT2D eigenvalue weighted by Crippen LogP contribution is -2.35. The monoisotopic (exact) mass is 429 g/mol. The van der Waals surface area contributed by atoms with Crippen LogP contribution in [-0.2, 0) is 17.7 Å². The second kappa shape index (κ2) is 10.3. The number of hydrogen-bond donors (Lipinski definition) is 1. The van der Waals surface area contributed by atoms with E-state index in [1.807, 2.05) is 31.2 Å². The normalized spacial score (nSPS) is 15.0. The molecule has 2 heterocycles. The molecule has 0 spiro atoms. The van der Waals surface area contributed by atoms with Gasteiger partial charge in [0, 0.05) is 36.8 Å². The van der Waals surface area contributed by atoms with Crippen molar-refractivity contribution < 1.29 is 9.84 Å². The van der Waals surface area contributed by atoms with Gasteiger partial charge in [0.1, 0.15) is 0 Å². The zero-order valence-electron chi connectivity index (χ0n) is 18.2. The molecule has 0 aliphatic carbocycles. The Hall–Kier alpha value is -3.40. The summed E-state index contributed by atoms with van der Waals surface area (Å²) in [6.07, 6.45) is 3.28. The minimum absolute atomic E-state index is 0.116. The van der Waals surface area contributed by atoms with Crippen molar-refractivity contribution in [3.05, 3.63) is 93.7 Å². The van der Waals surface area contributed by atoms with Gasteiger partial charge in [-0.15, -0.1) is 0 Å². The fraction of sp³-hybridized carbons (Fsp3) is 0.308. The quantitative estimate of drug-likeness (QED) is 0.632. The number of aromatic nitrogens is 2. The lowest BCUT2D eigenvalue weighted by atomic mass is 10.0. The Balaban J connectivity index is 1.36. The molecule has 1 aromatic heterocycles. The summed E-state index contributed by atoms with van der Waals surface area (Å²) in [5.41, 5.74) is 3.88. The summed E-state index contributed by atoms with van der Waals surface area (Å²) in [7, 11) is 0. The first-order chi connectivity index (χ1) is 15.6. The Labute approximate surface area is 188 Å². The minimum Gasteiger partial charge on any atom is -0.502 e. The van der Waals surface area contributed by atoms with Crippen molar-refractivity contribution in [2.45, 2.75) is 25.9 Å².